The second-order valence-corrected chi connectivity index (χ2v) is 9.24. The quantitative estimate of drug-likeness (QED) is 0.557. The second-order valence-electron chi connectivity index (χ2n) is 9.24. The molecule has 0 N–H and O–H groups in total. The molecule has 2 bridgehead atoms. The topological polar surface area (TPSA) is 59.8 Å². The van der Waals surface area contributed by atoms with E-state index < -0.39 is 22.8 Å². The van der Waals surface area contributed by atoms with Gasteiger partial charge in [-0.15, -0.1) is 0 Å². The van der Waals surface area contributed by atoms with Crippen molar-refractivity contribution in [2.45, 2.75) is 39.7 Å². The third-order valence-corrected chi connectivity index (χ3v) is 7.89. The van der Waals surface area contributed by atoms with Crippen LogP contribution >= 0.6 is 0 Å². The van der Waals surface area contributed by atoms with Gasteiger partial charge in [-0.2, -0.15) is 0 Å². The summed E-state index contributed by atoms with van der Waals surface area (Å²) in [5, 5.41) is 0. The largest absolute Gasteiger partial charge is 0.467 e. The third kappa shape index (κ3) is 2.16. The number of hydrogen-bond acceptors (Lipinski definition) is 4. The van der Waals surface area contributed by atoms with Crippen LogP contribution in [0.3, 0.4) is 0 Å². The summed E-state index contributed by atoms with van der Waals surface area (Å²) < 4.78 is 11.3. The number of amides is 1. The van der Waals surface area contributed by atoms with Gasteiger partial charge in [-0.05, 0) is 47.6 Å². The standard InChI is InChI=1S/C24H25NO4/c1-22(2)23(3)11-12-24(22,21(27)29-15-23)20(26)25-13-10-16-7-4-5-8-17(16)19(25)18-9-6-14-28-18/h4-10,13-14,19H,11-12,15H2,1-3H3/t19-,23-,24-/m0/s1. The predicted octanol–water partition coefficient (Wildman–Crippen LogP) is 4.55. The van der Waals surface area contributed by atoms with Crippen LogP contribution < -0.4 is 0 Å². The first-order chi connectivity index (χ1) is 13.8. The molecule has 2 aliphatic heterocycles. The van der Waals surface area contributed by atoms with Gasteiger partial charge in [0.15, 0.2) is 5.41 Å². The summed E-state index contributed by atoms with van der Waals surface area (Å²) in [5.74, 6) is 0.0744. The molecule has 29 heavy (non-hydrogen) atoms. The van der Waals surface area contributed by atoms with Gasteiger partial charge in [-0.3, -0.25) is 9.59 Å². The van der Waals surface area contributed by atoms with Crippen molar-refractivity contribution in [1.29, 1.82) is 0 Å². The van der Waals surface area contributed by atoms with Crippen LogP contribution in [0.5, 0.6) is 0 Å². The number of ether oxygens (including phenoxy) is 1. The second kappa shape index (κ2) is 5.85. The first-order valence-electron chi connectivity index (χ1n) is 10.1. The maximum absolute atomic E-state index is 14.1. The predicted molar refractivity (Wildman–Crippen MR) is 107 cm³/mol. The number of cyclic esters (lactones) is 1. The zero-order valence-corrected chi connectivity index (χ0v) is 17.0. The first-order valence-corrected chi connectivity index (χ1v) is 10.1. The molecule has 0 radical (unpaired) electrons. The third-order valence-electron chi connectivity index (χ3n) is 7.89. The van der Waals surface area contributed by atoms with Gasteiger partial charge in [-0.25, -0.2) is 0 Å². The maximum atomic E-state index is 14.1. The Morgan fingerprint density at radius 1 is 1.10 bits per heavy atom. The molecule has 2 fully saturated rings. The van der Waals surface area contributed by atoms with E-state index in [-0.39, 0.29) is 11.3 Å². The molecule has 1 amide bonds. The van der Waals surface area contributed by atoms with Crippen LogP contribution in [-0.4, -0.2) is 23.4 Å². The van der Waals surface area contributed by atoms with E-state index in [1.165, 1.54) is 0 Å². The van der Waals surface area contributed by atoms with Crippen molar-refractivity contribution in [1.82, 2.24) is 4.90 Å². The summed E-state index contributed by atoms with van der Waals surface area (Å²) in [6.45, 7) is 6.58. The average molecular weight is 391 g/mol. The molecule has 5 nitrogen and oxygen atoms in total. The fourth-order valence-corrected chi connectivity index (χ4v) is 5.47. The smallest absolute Gasteiger partial charge is 0.322 e. The fraction of sp³-hybridized carbons (Fsp3) is 0.417. The van der Waals surface area contributed by atoms with Crippen molar-refractivity contribution < 1.29 is 18.7 Å². The highest BCUT2D eigenvalue weighted by Gasteiger charge is 2.72. The molecule has 1 saturated heterocycles. The molecule has 0 unspecified atom stereocenters. The highest BCUT2D eigenvalue weighted by molar-refractivity contribution is 6.05. The van der Waals surface area contributed by atoms with Gasteiger partial charge in [0.1, 0.15) is 11.8 Å². The number of benzene rings is 1. The van der Waals surface area contributed by atoms with Gasteiger partial charge in [0.25, 0.3) is 0 Å². The molecule has 3 aliphatic rings. The molecule has 1 aliphatic carbocycles. The molecule has 0 spiro atoms. The van der Waals surface area contributed by atoms with E-state index in [4.69, 9.17) is 9.15 Å². The Labute approximate surface area is 170 Å². The summed E-state index contributed by atoms with van der Waals surface area (Å²) >= 11 is 0. The van der Waals surface area contributed by atoms with Crippen molar-refractivity contribution in [3.63, 3.8) is 0 Å². The molecule has 1 aromatic carbocycles. The molecule has 1 aromatic heterocycles. The van der Waals surface area contributed by atoms with Crippen molar-refractivity contribution >= 4 is 18.0 Å². The van der Waals surface area contributed by atoms with Gasteiger partial charge in [-0.1, -0.05) is 45.0 Å². The van der Waals surface area contributed by atoms with Crippen LogP contribution in [0.1, 0.15) is 56.5 Å². The zero-order valence-electron chi connectivity index (χ0n) is 17.0. The zero-order chi connectivity index (χ0) is 20.4. The van der Waals surface area contributed by atoms with E-state index in [0.29, 0.717) is 18.8 Å². The number of fused-ring (bicyclic) bond motifs is 3. The lowest BCUT2D eigenvalue weighted by molar-refractivity contribution is -0.193. The van der Waals surface area contributed by atoms with Crippen LogP contribution in [0, 0.1) is 16.2 Å². The van der Waals surface area contributed by atoms with Crippen LogP contribution in [0.25, 0.3) is 6.08 Å². The minimum atomic E-state index is -1.19. The number of esters is 1. The summed E-state index contributed by atoms with van der Waals surface area (Å²) in [6.07, 6.45) is 6.63. The Kier molecular flexibility index (Phi) is 3.67. The Morgan fingerprint density at radius 3 is 2.66 bits per heavy atom. The molecule has 3 atom stereocenters. The Bertz CT molecular complexity index is 1020. The number of carbonyl (C=O) groups excluding carboxylic acids is 2. The lowest BCUT2D eigenvalue weighted by Gasteiger charge is -2.51. The van der Waals surface area contributed by atoms with Gasteiger partial charge in [0.2, 0.25) is 5.91 Å². The van der Waals surface area contributed by atoms with Gasteiger partial charge < -0.3 is 14.1 Å². The number of carbonyl (C=O) groups is 2. The molecular formula is C24H25NO4. The number of hydrogen-bond donors (Lipinski definition) is 0. The van der Waals surface area contributed by atoms with Gasteiger partial charge in [0.05, 0.1) is 12.9 Å². The van der Waals surface area contributed by atoms with Crippen LogP contribution in [0.4, 0.5) is 0 Å². The van der Waals surface area contributed by atoms with E-state index in [1.807, 2.05) is 56.3 Å². The summed E-state index contributed by atoms with van der Waals surface area (Å²) in [7, 11) is 0. The van der Waals surface area contributed by atoms with Crippen LogP contribution in [0.15, 0.2) is 53.3 Å². The van der Waals surface area contributed by atoms with Crippen molar-refractivity contribution in [3.8, 4) is 0 Å². The summed E-state index contributed by atoms with van der Waals surface area (Å²) in [5.41, 5.74) is 0.107. The Balaban J connectivity index is 1.65. The van der Waals surface area contributed by atoms with Gasteiger partial charge >= 0.3 is 5.97 Å². The first kappa shape index (κ1) is 18.2. The molecular weight excluding hydrogens is 366 g/mol. The van der Waals surface area contributed by atoms with E-state index in [9.17, 15) is 9.59 Å². The molecule has 5 heteroatoms. The van der Waals surface area contributed by atoms with Crippen molar-refractivity contribution in [2.24, 2.45) is 16.2 Å². The van der Waals surface area contributed by atoms with E-state index in [2.05, 4.69) is 6.92 Å². The number of furan rings is 1. The Morgan fingerprint density at radius 2 is 1.90 bits per heavy atom. The lowest BCUT2D eigenvalue weighted by Crippen LogP contribution is -2.61. The minimum Gasteiger partial charge on any atom is -0.467 e. The van der Waals surface area contributed by atoms with E-state index >= 15 is 0 Å². The number of rotatable bonds is 2. The van der Waals surface area contributed by atoms with Gasteiger partial charge in [0, 0.05) is 11.6 Å². The normalized spacial score (nSPS) is 32.0. The van der Waals surface area contributed by atoms with E-state index in [0.717, 1.165) is 17.5 Å². The maximum Gasteiger partial charge on any atom is 0.322 e. The average Bonchev–Trinajstić information content (AvgIpc) is 3.27. The lowest BCUT2D eigenvalue weighted by atomic mass is 9.57. The SMILES string of the molecule is CC1(C)[C@@]2(C)CC[C@]1(C(=O)N1C=Cc3ccccc3[C@H]1c1ccco1)C(=O)OC2. The molecule has 150 valence electrons. The summed E-state index contributed by atoms with van der Waals surface area (Å²) in [6, 6.07) is 11.2. The Hall–Kier alpha value is -2.82. The highest BCUT2D eigenvalue weighted by Crippen LogP contribution is 2.66. The summed E-state index contributed by atoms with van der Waals surface area (Å²) in [4.78, 5) is 29.0. The molecule has 2 aromatic rings. The minimum absolute atomic E-state index is 0.205. The molecule has 1 saturated carbocycles. The molecule has 5 rings (SSSR count). The number of nitrogens with zero attached hydrogens (tertiary/aromatic N) is 1. The fourth-order valence-electron chi connectivity index (χ4n) is 5.47. The molecule has 3 heterocycles. The monoisotopic (exact) mass is 391 g/mol. The van der Waals surface area contributed by atoms with E-state index in [1.54, 1.807) is 17.4 Å². The van der Waals surface area contributed by atoms with Crippen molar-refractivity contribution in [3.05, 3.63) is 65.7 Å². The van der Waals surface area contributed by atoms with Crippen molar-refractivity contribution in [2.75, 3.05) is 6.61 Å². The van der Waals surface area contributed by atoms with Crippen LogP contribution in [0.2, 0.25) is 0 Å². The highest BCUT2D eigenvalue weighted by atomic mass is 16.5. The van der Waals surface area contributed by atoms with Crippen LogP contribution in [-0.2, 0) is 14.3 Å².